The number of halogens is 2. The molecule has 0 unspecified atom stereocenters. The van der Waals surface area contributed by atoms with Gasteiger partial charge < -0.3 is 9.72 Å². The Morgan fingerprint density at radius 3 is 2.74 bits per heavy atom. The fraction of sp³-hybridized carbons (Fsp3) is 0.0714. The number of hydrogen-bond donors (Lipinski definition) is 1. The minimum Gasteiger partial charge on any atom is -0.492 e. The van der Waals surface area contributed by atoms with Crippen LogP contribution in [0.25, 0.3) is 22.4 Å². The lowest BCUT2D eigenvalue weighted by atomic mass is 10.2. The van der Waals surface area contributed by atoms with E-state index in [1.807, 2.05) is 24.3 Å². The zero-order valence-corrected chi connectivity index (χ0v) is 10.8. The second kappa shape index (κ2) is 4.55. The summed E-state index contributed by atoms with van der Waals surface area (Å²) in [4.78, 5) is 7.53. The monoisotopic (exact) mass is 276 g/mol. The minimum absolute atomic E-state index is 0.0431. The number of aromatic nitrogens is 2. The molecule has 0 aliphatic rings. The molecule has 5 heteroatoms. The van der Waals surface area contributed by atoms with Crippen LogP contribution in [-0.4, -0.2) is 17.1 Å². The lowest BCUT2D eigenvalue weighted by Gasteiger charge is -2.06. The Bertz CT molecular complexity index is 698. The quantitative estimate of drug-likeness (QED) is 0.767. The number of para-hydroxylation sites is 2. The number of hydrogen-bond acceptors (Lipinski definition) is 2. The molecule has 19 heavy (non-hydrogen) atoms. The van der Waals surface area contributed by atoms with Crippen LogP contribution in [0.3, 0.4) is 0 Å². The highest BCUT2D eigenvalue weighted by molar-refractivity contribution is 6.32. The van der Waals surface area contributed by atoms with E-state index in [2.05, 4.69) is 9.97 Å². The van der Waals surface area contributed by atoms with Gasteiger partial charge in [0.15, 0.2) is 11.6 Å². The van der Waals surface area contributed by atoms with Gasteiger partial charge in [0, 0.05) is 5.56 Å². The van der Waals surface area contributed by atoms with Crippen LogP contribution in [0.1, 0.15) is 0 Å². The van der Waals surface area contributed by atoms with Gasteiger partial charge in [0.2, 0.25) is 0 Å². The standard InChI is InChI=1S/C14H10ClFN2O/c1-19-13-9(15)6-8(7-10(13)16)14-17-11-4-2-3-5-12(11)18-14/h2-7H,1H3,(H,17,18). The molecule has 0 aliphatic carbocycles. The average molecular weight is 277 g/mol. The first kappa shape index (κ1) is 12.0. The van der Waals surface area contributed by atoms with Crippen molar-refractivity contribution in [3.05, 3.63) is 47.2 Å². The highest BCUT2D eigenvalue weighted by Crippen LogP contribution is 2.32. The highest BCUT2D eigenvalue weighted by Gasteiger charge is 2.13. The molecule has 3 rings (SSSR count). The second-order valence-electron chi connectivity index (χ2n) is 4.08. The summed E-state index contributed by atoms with van der Waals surface area (Å²) in [7, 11) is 1.38. The van der Waals surface area contributed by atoms with E-state index in [0.717, 1.165) is 11.0 Å². The summed E-state index contributed by atoms with van der Waals surface area (Å²) < 4.78 is 18.7. The molecule has 0 saturated carbocycles. The van der Waals surface area contributed by atoms with E-state index in [4.69, 9.17) is 16.3 Å². The van der Waals surface area contributed by atoms with Crippen molar-refractivity contribution in [1.29, 1.82) is 0 Å². The molecule has 0 spiro atoms. The zero-order valence-electron chi connectivity index (χ0n) is 10.1. The smallest absolute Gasteiger partial charge is 0.173 e. The van der Waals surface area contributed by atoms with Gasteiger partial charge in [-0.2, -0.15) is 0 Å². The van der Waals surface area contributed by atoms with Gasteiger partial charge in [0.25, 0.3) is 0 Å². The molecule has 0 fully saturated rings. The number of nitrogens with one attached hydrogen (secondary N) is 1. The molecule has 3 nitrogen and oxygen atoms in total. The molecule has 0 radical (unpaired) electrons. The Morgan fingerprint density at radius 2 is 2.05 bits per heavy atom. The first-order valence-corrected chi connectivity index (χ1v) is 6.05. The third-order valence-corrected chi connectivity index (χ3v) is 3.15. The number of aromatic amines is 1. The summed E-state index contributed by atoms with van der Waals surface area (Å²) in [6, 6.07) is 10.6. The maximum atomic E-state index is 13.8. The third kappa shape index (κ3) is 2.04. The van der Waals surface area contributed by atoms with Crippen LogP contribution in [-0.2, 0) is 0 Å². The number of nitrogens with zero attached hydrogens (tertiary/aromatic N) is 1. The Hall–Kier alpha value is -2.07. The van der Waals surface area contributed by atoms with Crippen LogP contribution in [0.15, 0.2) is 36.4 Å². The minimum atomic E-state index is -0.509. The fourth-order valence-corrected chi connectivity index (χ4v) is 2.27. The summed E-state index contributed by atoms with van der Waals surface area (Å²) in [5.74, 6) is 0.108. The predicted molar refractivity (Wildman–Crippen MR) is 73.0 cm³/mol. The molecule has 1 aromatic heterocycles. The van der Waals surface area contributed by atoms with Crippen molar-refractivity contribution in [1.82, 2.24) is 9.97 Å². The van der Waals surface area contributed by atoms with Gasteiger partial charge in [-0.3, -0.25) is 0 Å². The molecule has 1 heterocycles. The SMILES string of the molecule is COc1c(F)cc(-c2nc3ccccc3[nH]2)cc1Cl. The van der Waals surface area contributed by atoms with E-state index in [9.17, 15) is 4.39 Å². The molecular weight excluding hydrogens is 267 g/mol. The van der Waals surface area contributed by atoms with Crippen molar-refractivity contribution in [2.45, 2.75) is 0 Å². The van der Waals surface area contributed by atoms with Crippen molar-refractivity contribution in [3.63, 3.8) is 0 Å². The van der Waals surface area contributed by atoms with Crippen molar-refractivity contribution in [2.24, 2.45) is 0 Å². The second-order valence-corrected chi connectivity index (χ2v) is 4.48. The molecular formula is C14H10ClFN2O. The number of fused-ring (bicyclic) bond motifs is 1. The predicted octanol–water partition coefficient (Wildman–Crippen LogP) is 4.03. The summed E-state index contributed by atoms with van der Waals surface area (Å²) in [6.45, 7) is 0. The Morgan fingerprint density at radius 1 is 1.26 bits per heavy atom. The van der Waals surface area contributed by atoms with Gasteiger partial charge in [0.1, 0.15) is 5.82 Å². The van der Waals surface area contributed by atoms with Gasteiger partial charge >= 0.3 is 0 Å². The Kier molecular flexibility index (Phi) is 2.87. The van der Waals surface area contributed by atoms with Crippen LogP contribution >= 0.6 is 11.6 Å². The summed E-state index contributed by atoms with van der Waals surface area (Å²) >= 11 is 5.98. The van der Waals surface area contributed by atoms with E-state index in [1.54, 1.807) is 6.07 Å². The number of benzene rings is 2. The average Bonchev–Trinajstić information content (AvgIpc) is 2.82. The fourth-order valence-electron chi connectivity index (χ4n) is 1.98. The van der Waals surface area contributed by atoms with Gasteiger partial charge in [0.05, 0.1) is 23.2 Å². The summed E-state index contributed by atoms with van der Waals surface area (Å²) in [6.07, 6.45) is 0. The number of H-pyrrole nitrogens is 1. The van der Waals surface area contributed by atoms with E-state index in [0.29, 0.717) is 11.4 Å². The molecule has 0 aliphatic heterocycles. The normalized spacial score (nSPS) is 10.9. The van der Waals surface area contributed by atoms with E-state index in [1.165, 1.54) is 13.2 Å². The molecule has 0 bridgehead atoms. The lowest BCUT2D eigenvalue weighted by molar-refractivity contribution is 0.387. The maximum Gasteiger partial charge on any atom is 0.173 e. The van der Waals surface area contributed by atoms with Crippen LogP contribution < -0.4 is 4.74 Å². The van der Waals surface area contributed by atoms with Crippen molar-refractivity contribution < 1.29 is 9.13 Å². The first-order valence-electron chi connectivity index (χ1n) is 5.67. The van der Waals surface area contributed by atoms with Crippen LogP contribution in [0.4, 0.5) is 4.39 Å². The van der Waals surface area contributed by atoms with E-state index < -0.39 is 5.82 Å². The molecule has 1 N–H and O–H groups in total. The van der Waals surface area contributed by atoms with Crippen LogP contribution in [0.2, 0.25) is 5.02 Å². The van der Waals surface area contributed by atoms with Crippen molar-refractivity contribution in [3.8, 4) is 17.1 Å². The molecule has 0 saturated heterocycles. The number of methoxy groups -OCH3 is 1. The Labute approximate surface area is 114 Å². The van der Waals surface area contributed by atoms with E-state index in [-0.39, 0.29) is 10.8 Å². The lowest BCUT2D eigenvalue weighted by Crippen LogP contribution is -1.91. The van der Waals surface area contributed by atoms with Crippen LogP contribution in [0, 0.1) is 5.82 Å². The summed E-state index contributed by atoms with van der Waals surface area (Å²) in [5.41, 5.74) is 2.30. The largest absolute Gasteiger partial charge is 0.492 e. The van der Waals surface area contributed by atoms with Gasteiger partial charge in [-0.05, 0) is 24.3 Å². The number of imidazole rings is 1. The van der Waals surface area contributed by atoms with Crippen molar-refractivity contribution >= 4 is 22.6 Å². The molecule has 3 aromatic rings. The molecule has 2 aromatic carbocycles. The summed E-state index contributed by atoms with van der Waals surface area (Å²) in [5, 5.41) is 0.220. The van der Waals surface area contributed by atoms with Gasteiger partial charge in [-0.1, -0.05) is 23.7 Å². The molecule has 0 atom stereocenters. The van der Waals surface area contributed by atoms with E-state index >= 15 is 0 Å². The first-order chi connectivity index (χ1) is 9.19. The zero-order chi connectivity index (χ0) is 13.4. The highest BCUT2D eigenvalue weighted by atomic mass is 35.5. The number of ether oxygens (including phenoxy) is 1. The Balaban J connectivity index is 2.16. The van der Waals surface area contributed by atoms with Gasteiger partial charge in [-0.25, -0.2) is 9.37 Å². The van der Waals surface area contributed by atoms with Crippen LogP contribution in [0.5, 0.6) is 5.75 Å². The third-order valence-electron chi connectivity index (χ3n) is 2.87. The van der Waals surface area contributed by atoms with Gasteiger partial charge in [-0.15, -0.1) is 0 Å². The number of rotatable bonds is 2. The maximum absolute atomic E-state index is 13.8. The van der Waals surface area contributed by atoms with Crippen molar-refractivity contribution in [2.75, 3.05) is 7.11 Å². The topological polar surface area (TPSA) is 37.9 Å². The molecule has 0 amide bonds. The molecule has 96 valence electrons.